The van der Waals surface area contributed by atoms with E-state index in [0.717, 1.165) is 12.1 Å². The zero-order valence-corrected chi connectivity index (χ0v) is 10.7. The van der Waals surface area contributed by atoms with Crippen LogP contribution in [0.5, 0.6) is 0 Å². The summed E-state index contributed by atoms with van der Waals surface area (Å²) in [6.07, 6.45) is 0. The highest BCUT2D eigenvalue weighted by Crippen LogP contribution is 2.34. The van der Waals surface area contributed by atoms with Crippen molar-refractivity contribution >= 4 is 28.9 Å². The van der Waals surface area contributed by atoms with Crippen molar-refractivity contribution in [2.24, 2.45) is 0 Å². The number of hydrogen-bond acceptors (Lipinski definition) is 2. The Labute approximate surface area is 116 Å². The molecule has 0 radical (unpaired) electrons. The van der Waals surface area contributed by atoms with Gasteiger partial charge in [0.25, 0.3) is 0 Å². The normalized spacial score (nSPS) is 10.5. The van der Waals surface area contributed by atoms with Crippen LogP contribution in [-0.4, -0.2) is 4.92 Å². The third-order valence-electron chi connectivity index (χ3n) is 2.45. The van der Waals surface area contributed by atoms with E-state index in [0.29, 0.717) is 10.6 Å². The van der Waals surface area contributed by atoms with Gasteiger partial charge in [-0.05, 0) is 23.8 Å². The van der Waals surface area contributed by atoms with Crippen LogP contribution in [0.3, 0.4) is 0 Å². The minimum Gasteiger partial charge on any atom is -0.258 e. The Morgan fingerprint density at radius 3 is 2.37 bits per heavy atom. The Bertz CT molecular complexity index is 677. The highest BCUT2D eigenvalue weighted by Gasteiger charge is 2.21. The molecule has 0 heterocycles. The molecule has 2 rings (SSSR count). The highest BCUT2D eigenvalue weighted by atomic mass is 35.5. The highest BCUT2D eigenvalue weighted by molar-refractivity contribution is 6.36. The monoisotopic (exact) mass is 303 g/mol. The van der Waals surface area contributed by atoms with Crippen LogP contribution in [0.4, 0.5) is 14.5 Å². The van der Waals surface area contributed by atoms with Crippen LogP contribution < -0.4 is 0 Å². The van der Waals surface area contributed by atoms with Crippen LogP contribution in [0.2, 0.25) is 10.0 Å². The molecule has 3 nitrogen and oxygen atoms in total. The van der Waals surface area contributed by atoms with Crippen molar-refractivity contribution in [3.05, 3.63) is 62.1 Å². The number of hydrogen-bond donors (Lipinski definition) is 0. The van der Waals surface area contributed by atoms with E-state index in [1.807, 2.05) is 0 Å². The topological polar surface area (TPSA) is 43.1 Å². The van der Waals surface area contributed by atoms with Gasteiger partial charge in [-0.2, -0.15) is 4.39 Å². The van der Waals surface area contributed by atoms with E-state index in [2.05, 4.69) is 0 Å². The maximum absolute atomic E-state index is 13.3. The van der Waals surface area contributed by atoms with Gasteiger partial charge in [-0.15, -0.1) is 0 Å². The first kappa shape index (κ1) is 13.7. The number of halogens is 4. The predicted octanol–water partition coefficient (Wildman–Crippen LogP) is 4.85. The second kappa shape index (κ2) is 5.11. The summed E-state index contributed by atoms with van der Waals surface area (Å²) in [6.45, 7) is 0. The van der Waals surface area contributed by atoms with Gasteiger partial charge in [-0.25, -0.2) is 4.39 Å². The Morgan fingerprint density at radius 1 is 1.11 bits per heavy atom. The molecular weight excluding hydrogens is 299 g/mol. The van der Waals surface area contributed by atoms with Gasteiger partial charge in [-0.3, -0.25) is 10.1 Å². The minimum atomic E-state index is -1.50. The summed E-state index contributed by atoms with van der Waals surface area (Å²) in [5, 5.41) is 11.2. The molecule has 0 saturated heterocycles. The lowest BCUT2D eigenvalue weighted by molar-refractivity contribution is -0.387. The molecule has 2 aromatic rings. The molecule has 98 valence electrons. The molecule has 0 saturated carbocycles. The molecule has 19 heavy (non-hydrogen) atoms. The van der Waals surface area contributed by atoms with Gasteiger partial charge in [0.2, 0.25) is 5.82 Å². The molecular formula is C12H5Cl2F2NO2. The van der Waals surface area contributed by atoms with Gasteiger partial charge in [0.1, 0.15) is 0 Å². The average Bonchev–Trinajstić information content (AvgIpc) is 2.32. The van der Waals surface area contributed by atoms with E-state index in [1.165, 1.54) is 18.2 Å². The SMILES string of the molecule is O=[N+]([O-])c1cc(-c2ccc(Cl)cc2Cl)cc(F)c1F. The van der Waals surface area contributed by atoms with E-state index in [-0.39, 0.29) is 10.6 Å². The molecule has 0 amide bonds. The summed E-state index contributed by atoms with van der Waals surface area (Å²) in [5.41, 5.74) is -0.513. The molecule has 0 N–H and O–H groups in total. The van der Waals surface area contributed by atoms with Gasteiger partial charge in [0.15, 0.2) is 5.82 Å². The molecule has 0 fully saturated rings. The standard InChI is InChI=1S/C12H5Cl2F2NO2/c13-7-1-2-8(9(14)5-7)6-3-10(15)12(16)11(4-6)17(18)19/h1-5H. The number of benzene rings is 2. The van der Waals surface area contributed by atoms with Crippen molar-refractivity contribution in [2.45, 2.75) is 0 Å². The quantitative estimate of drug-likeness (QED) is 0.588. The van der Waals surface area contributed by atoms with E-state index in [9.17, 15) is 18.9 Å². The summed E-state index contributed by atoms with van der Waals surface area (Å²) in [5.74, 6) is -2.81. The largest absolute Gasteiger partial charge is 0.308 e. The van der Waals surface area contributed by atoms with Gasteiger partial charge in [0, 0.05) is 21.7 Å². The molecule has 0 atom stereocenters. The van der Waals surface area contributed by atoms with Gasteiger partial charge < -0.3 is 0 Å². The molecule has 0 spiro atoms. The van der Waals surface area contributed by atoms with Crippen molar-refractivity contribution < 1.29 is 13.7 Å². The molecule has 7 heteroatoms. The molecule has 0 unspecified atom stereocenters. The van der Waals surface area contributed by atoms with Crippen LogP contribution in [0.15, 0.2) is 30.3 Å². The summed E-state index contributed by atoms with van der Waals surface area (Å²) in [4.78, 5) is 9.65. The zero-order chi connectivity index (χ0) is 14.2. The molecule has 0 aliphatic carbocycles. The molecule has 2 aromatic carbocycles. The van der Waals surface area contributed by atoms with Crippen LogP contribution in [0, 0.1) is 21.7 Å². The van der Waals surface area contributed by atoms with Crippen LogP contribution in [0.25, 0.3) is 11.1 Å². The summed E-state index contributed by atoms with van der Waals surface area (Å²) in [6, 6.07) is 6.15. The third kappa shape index (κ3) is 2.67. The predicted molar refractivity (Wildman–Crippen MR) is 68.5 cm³/mol. The number of nitrogens with zero attached hydrogens (tertiary/aromatic N) is 1. The fraction of sp³-hybridized carbons (Fsp3) is 0. The Morgan fingerprint density at radius 2 is 1.79 bits per heavy atom. The van der Waals surface area contributed by atoms with Gasteiger partial charge in [-0.1, -0.05) is 29.3 Å². The van der Waals surface area contributed by atoms with Crippen LogP contribution >= 0.6 is 23.2 Å². The number of nitro benzene ring substituents is 1. The fourth-order valence-electron chi connectivity index (χ4n) is 1.59. The van der Waals surface area contributed by atoms with Crippen LogP contribution in [-0.2, 0) is 0 Å². The van der Waals surface area contributed by atoms with E-state index >= 15 is 0 Å². The summed E-state index contributed by atoms with van der Waals surface area (Å²) < 4.78 is 26.6. The second-order valence-corrected chi connectivity index (χ2v) is 4.52. The summed E-state index contributed by atoms with van der Waals surface area (Å²) >= 11 is 11.6. The van der Waals surface area contributed by atoms with Crippen LogP contribution in [0.1, 0.15) is 0 Å². The molecule has 0 bridgehead atoms. The van der Waals surface area contributed by atoms with Gasteiger partial charge in [0.05, 0.1) is 4.92 Å². The zero-order valence-electron chi connectivity index (χ0n) is 9.16. The van der Waals surface area contributed by atoms with Crippen molar-refractivity contribution in [1.29, 1.82) is 0 Å². The fourth-order valence-corrected chi connectivity index (χ4v) is 2.10. The minimum absolute atomic E-state index is 0.104. The van der Waals surface area contributed by atoms with Crippen molar-refractivity contribution in [3.63, 3.8) is 0 Å². The maximum atomic E-state index is 13.3. The lowest BCUT2D eigenvalue weighted by atomic mass is 10.0. The van der Waals surface area contributed by atoms with Gasteiger partial charge >= 0.3 is 5.69 Å². The molecule has 0 aliphatic heterocycles. The number of nitro groups is 1. The molecule has 0 aliphatic rings. The molecule has 0 aromatic heterocycles. The second-order valence-electron chi connectivity index (χ2n) is 3.67. The maximum Gasteiger partial charge on any atom is 0.308 e. The Balaban J connectivity index is 2.66. The van der Waals surface area contributed by atoms with E-state index in [1.54, 1.807) is 0 Å². The Kier molecular flexibility index (Phi) is 3.68. The smallest absolute Gasteiger partial charge is 0.258 e. The average molecular weight is 304 g/mol. The first-order chi connectivity index (χ1) is 8.90. The third-order valence-corrected chi connectivity index (χ3v) is 3.00. The van der Waals surface area contributed by atoms with Crippen molar-refractivity contribution in [3.8, 4) is 11.1 Å². The first-order valence-electron chi connectivity index (χ1n) is 4.99. The van der Waals surface area contributed by atoms with E-state index in [4.69, 9.17) is 23.2 Å². The summed E-state index contributed by atoms with van der Waals surface area (Å²) in [7, 11) is 0. The van der Waals surface area contributed by atoms with Crippen molar-refractivity contribution in [2.75, 3.05) is 0 Å². The Hall–Kier alpha value is -1.72. The van der Waals surface area contributed by atoms with Crippen molar-refractivity contribution in [1.82, 2.24) is 0 Å². The number of rotatable bonds is 2. The first-order valence-corrected chi connectivity index (χ1v) is 5.74. The lowest BCUT2D eigenvalue weighted by Crippen LogP contribution is -1.97. The van der Waals surface area contributed by atoms with E-state index < -0.39 is 22.2 Å². The lowest BCUT2D eigenvalue weighted by Gasteiger charge is -2.06.